The molecule has 0 aliphatic carbocycles. The number of carbonyl (C=O) groups is 1. The summed E-state index contributed by atoms with van der Waals surface area (Å²) in [6.45, 7) is 6.40. The first kappa shape index (κ1) is 25.9. The van der Waals surface area contributed by atoms with Crippen LogP contribution in [0.5, 0.6) is 5.75 Å². The van der Waals surface area contributed by atoms with E-state index < -0.39 is 0 Å². The minimum absolute atomic E-state index is 0.0781. The Morgan fingerprint density at radius 1 is 1.31 bits per heavy atom. The molecule has 3 heterocycles. The van der Waals surface area contributed by atoms with E-state index in [0.29, 0.717) is 42.3 Å². The molecule has 3 aromatic rings. The van der Waals surface area contributed by atoms with Crippen LogP contribution in [0.15, 0.2) is 35.3 Å². The largest absolute Gasteiger partial charge is 0.480 e. The Morgan fingerprint density at radius 3 is 2.89 bits per heavy atom. The van der Waals surface area contributed by atoms with Crippen molar-refractivity contribution in [2.24, 2.45) is 5.92 Å². The molecule has 0 radical (unpaired) electrons. The van der Waals surface area contributed by atoms with E-state index in [1.54, 1.807) is 30.9 Å². The highest BCUT2D eigenvalue weighted by Crippen LogP contribution is 2.29. The van der Waals surface area contributed by atoms with E-state index in [2.05, 4.69) is 22.1 Å². The zero-order valence-electron chi connectivity index (χ0n) is 20.9. The van der Waals surface area contributed by atoms with E-state index in [4.69, 9.17) is 26.1 Å². The number of aromatic nitrogens is 3. The SMILES string of the molecule is CCC(=O)COc1cc2cc(Nc3nc(N4CCCC(C)C4)ncc3Cl)ccc2n(CCOC)c1=O. The molecule has 10 heteroatoms. The van der Waals surface area contributed by atoms with Crippen LogP contribution in [0.1, 0.15) is 33.1 Å². The minimum Gasteiger partial charge on any atom is -0.480 e. The average Bonchev–Trinajstić information content (AvgIpc) is 2.88. The van der Waals surface area contributed by atoms with Crippen molar-refractivity contribution in [2.75, 3.05) is 43.6 Å². The van der Waals surface area contributed by atoms with Gasteiger partial charge in [0.2, 0.25) is 5.95 Å². The third-order valence-corrected chi connectivity index (χ3v) is 6.57. The smallest absolute Gasteiger partial charge is 0.293 e. The summed E-state index contributed by atoms with van der Waals surface area (Å²) in [7, 11) is 1.58. The number of hydrogen-bond acceptors (Lipinski definition) is 8. The normalized spacial score (nSPS) is 15.8. The van der Waals surface area contributed by atoms with E-state index in [1.165, 1.54) is 6.42 Å². The summed E-state index contributed by atoms with van der Waals surface area (Å²) in [6.07, 6.45) is 4.28. The molecule has 2 aromatic heterocycles. The number of pyridine rings is 1. The van der Waals surface area contributed by atoms with E-state index in [9.17, 15) is 9.59 Å². The third kappa shape index (κ3) is 5.96. The molecule has 1 atom stereocenters. The van der Waals surface area contributed by atoms with Gasteiger partial charge in [-0.3, -0.25) is 9.59 Å². The van der Waals surface area contributed by atoms with Crippen LogP contribution in [0.2, 0.25) is 5.02 Å². The maximum atomic E-state index is 13.0. The predicted molar refractivity (Wildman–Crippen MR) is 142 cm³/mol. The number of halogens is 1. The second-order valence-electron chi connectivity index (χ2n) is 9.10. The van der Waals surface area contributed by atoms with Crippen LogP contribution in [0.3, 0.4) is 0 Å². The minimum atomic E-state index is -0.302. The Kier molecular flexibility index (Phi) is 8.43. The van der Waals surface area contributed by atoms with Crippen molar-refractivity contribution in [3.63, 3.8) is 0 Å². The highest BCUT2D eigenvalue weighted by atomic mass is 35.5. The number of methoxy groups -OCH3 is 1. The van der Waals surface area contributed by atoms with E-state index >= 15 is 0 Å². The number of carbonyl (C=O) groups excluding carboxylic acids is 1. The zero-order valence-corrected chi connectivity index (χ0v) is 21.7. The first-order valence-electron chi connectivity index (χ1n) is 12.2. The molecular weight excluding hydrogens is 482 g/mol. The van der Waals surface area contributed by atoms with Crippen LogP contribution in [-0.4, -0.2) is 53.7 Å². The van der Waals surface area contributed by atoms with Crippen molar-refractivity contribution in [1.82, 2.24) is 14.5 Å². The molecule has 1 aliphatic rings. The van der Waals surface area contributed by atoms with Gasteiger partial charge in [0.15, 0.2) is 17.4 Å². The molecule has 0 bridgehead atoms. The van der Waals surface area contributed by atoms with Gasteiger partial charge in [-0.2, -0.15) is 4.98 Å². The van der Waals surface area contributed by atoms with Gasteiger partial charge in [-0.05, 0) is 43.0 Å². The summed E-state index contributed by atoms with van der Waals surface area (Å²) in [6, 6.07) is 7.29. The lowest BCUT2D eigenvalue weighted by Crippen LogP contribution is -2.35. The van der Waals surface area contributed by atoms with E-state index in [-0.39, 0.29) is 23.7 Å². The fourth-order valence-corrected chi connectivity index (χ4v) is 4.45. The van der Waals surface area contributed by atoms with Gasteiger partial charge in [0.25, 0.3) is 5.56 Å². The van der Waals surface area contributed by atoms with Crippen molar-refractivity contribution in [2.45, 2.75) is 39.7 Å². The maximum absolute atomic E-state index is 13.0. The molecule has 0 spiro atoms. The lowest BCUT2D eigenvalue weighted by molar-refractivity contribution is -0.120. The first-order chi connectivity index (χ1) is 17.4. The summed E-state index contributed by atoms with van der Waals surface area (Å²) in [5, 5.41) is 4.48. The summed E-state index contributed by atoms with van der Waals surface area (Å²) < 4.78 is 12.4. The lowest BCUT2D eigenvalue weighted by atomic mass is 10.0. The van der Waals surface area contributed by atoms with Gasteiger partial charge in [0.05, 0.1) is 18.3 Å². The van der Waals surface area contributed by atoms with Gasteiger partial charge >= 0.3 is 0 Å². The number of ketones is 1. The van der Waals surface area contributed by atoms with Gasteiger partial charge in [0, 0.05) is 44.2 Å². The van der Waals surface area contributed by atoms with Gasteiger partial charge in [0.1, 0.15) is 11.6 Å². The zero-order chi connectivity index (χ0) is 25.7. The van der Waals surface area contributed by atoms with Crippen molar-refractivity contribution >= 4 is 45.7 Å². The van der Waals surface area contributed by atoms with Crippen LogP contribution in [0.4, 0.5) is 17.5 Å². The van der Waals surface area contributed by atoms with Crippen molar-refractivity contribution in [1.29, 1.82) is 0 Å². The number of ether oxygens (including phenoxy) is 2. The van der Waals surface area contributed by atoms with Crippen LogP contribution in [0, 0.1) is 5.92 Å². The highest BCUT2D eigenvalue weighted by molar-refractivity contribution is 6.32. The van der Waals surface area contributed by atoms with Gasteiger partial charge < -0.3 is 24.3 Å². The van der Waals surface area contributed by atoms with Crippen molar-refractivity contribution < 1.29 is 14.3 Å². The van der Waals surface area contributed by atoms with Crippen LogP contribution in [0.25, 0.3) is 10.9 Å². The molecule has 1 aliphatic heterocycles. The third-order valence-electron chi connectivity index (χ3n) is 6.30. The molecule has 1 fully saturated rings. The first-order valence-corrected chi connectivity index (χ1v) is 12.6. The average molecular weight is 514 g/mol. The van der Waals surface area contributed by atoms with Gasteiger partial charge in [-0.25, -0.2) is 4.98 Å². The summed E-state index contributed by atoms with van der Waals surface area (Å²) in [4.78, 5) is 36.1. The molecule has 9 nitrogen and oxygen atoms in total. The van der Waals surface area contributed by atoms with Crippen LogP contribution >= 0.6 is 11.6 Å². The number of anilines is 3. The lowest BCUT2D eigenvalue weighted by Gasteiger charge is -2.31. The molecule has 192 valence electrons. The number of piperidine rings is 1. The second-order valence-corrected chi connectivity index (χ2v) is 9.50. The van der Waals surface area contributed by atoms with Crippen LogP contribution in [-0.2, 0) is 16.1 Å². The number of rotatable bonds is 10. The molecule has 1 N–H and O–H groups in total. The number of fused-ring (bicyclic) bond motifs is 1. The molecular formula is C26H32ClN5O4. The fourth-order valence-electron chi connectivity index (χ4n) is 4.31. The second kappa shape index (κ2) is 11.7. The van der Waals surface area contributed by atoms with E-state index in [0.717, 1.165) is 36.1 Å². The summed E-state index contributed by atoms with van der Waals surface area (Å²) >= 11 is 6.43. The summed E-state index contributed by atoms with van der Waals surface area (Å²) in [5.74, 6) is 1.80. The predicted octanol–water partition coefficient (Wildman–Crippen LogP) is 4.43. The molecule has 1 unspecified atom stereocenters. The molecule has 1 saturated heterocycles. The highest BCUT2D eigenvalue weighted by Gasteiger charge is 2.20. The summed E-state index contributed by atoms with van der Waals surface area (Å²) in [5.41, 5.74) is 1.17. The quantitative estimate of drug-likeness (QED) is 0.425. The monoisotopic (exact) mass is 513 g/mol. The Hall–Kier alpha value is -3.17. The topological polar surface area (TPSA) is 98.6 Å². The Labute approximate surface area is 215 Å². The molecule has 0 saturated carbocycles. The standard InChI is InChI=1S/C26H32ClN5O4/c1-4-20(33)16-36-23-13-18-12-19(7-8-22(18)32(25(23)34)10-11-35-3)29-24-21(27)14-28-26(30-24)31-9-5-6-17(2)15-31/h7-8,12-14,17H,4-6,9-11,15-16H2,1-3H3,(H,28,29,30). The van der Waals surface area contributed by atoms with E-state index in [1.807, 2.05) is 18.2 Å². The number of nitrogens with one attached hydrogen (secondary N) is 1. The molecule has 36 heavy (non-hydrogen) atoms. The number of hydrogen-bond donors (Lipinski definition) is 1. The number of Topliss-reactive ketones (excluding diaryl/α,β-unsaturated/α-hetero) is 1. The van der Waals surface area contributed by atoms with Gasteiger partial charge in [-0.1, -0.05) is 25.4 Å². The maximum Gasteiger partial charge on any atom is 0.293 e. The van der Waals surface area contributed by atoms with Crippen LogP contribution < -0.4 is 20.5 Å². The Balaban J connectivity index is 1.66. The molecule has 0 amide bonds. The molecule has 4 rings (SSSR count). The van der Waals surface area contributed by atoms with Crippen molar-refractivity contribution in [3.8, 4) is 5.75 Å². The van der Waals surface area contributed by atoms with Gasteiger partial charge in [-0.15, -0.1) is 0 Å². The molecule has 1 aromatic carbocycles. The Bertz CT molecular complexity index is 1300. The Morgan fingerprint density at radius 2 is 2.14 bits per heavy atom. The number of nitrogens with zero attached hydrogens (tertiary/aromatic N) is 4. The number of benzene rings is 1. The fraction of sp³-hybridized carbons (Fsp3) is 0.462. The van der Waals surface area contributed by atoms with Crippen molar-refractivity contribution in [3.05, 3.63) is 45.8 Å².